The highest BCUT2D eigenvalue weighted by molar-refractivity contribution is 5.85. The van der Waals surface area contributed by atoms with Crippen LogP contribution in [0.15, 0.2) is 24.5 Å². The van der Waals surface area contributed by atoms with Gasteiger partial charge in [0.15, 0.2) is 0 Å². The van der Waals surface area contributed by atoms with Gasteiger partial charge in [0.1, 0.15) is 12.4 Å². The highest BCUT2D eigenvalue weighted by Gasteiger charge is 2.29. The zero-order chi connectivity index (χ0) is 12.1. The van der Waals surface area contributed by atoms with Crippen molar-refractivity contribution in [1.82, 2.24) is 9.88 Å². The van der Waals surface area contributed by atoms with Crippen molar-refractivity contribution in [2.45, 2.75) is 12.5 Å². The molecule has 2 rings (SSSR count). The Labute approximate surface area is 127 Å². The molecule has 1 saturated heterocycles. The summed E-state index contributed by atoms with van der Waals surface area (Å²) in [6.45, 7) is 2.66. The van der Waals surface area contributed by atoms with E-state index < -0.39 is 0 Å². The van der Waals surface area contributed by atoms with E-state index >= 15 is 0 Å². The van der Waals surface area contributed by atoms with Crippen LogP contribution in [0.2, 0.25) is 0 Å². The number of rotatable bonds is 5. The van der Waals surface area contributed by atoms with Gasteiger partial charge in [0.05, 0.1) is 12.8 Å². The van der Waals surface area contributed by atoms with E-state index in [2.05, 4.69) is 16.9 Å². The van der Waals surface area contributed by atoms with E-state index in [-0.39, 0.29) is 24.8 Å². The van der Waals surface area contributed by atoms with Gasteiger partial charge in [-0.2, -0.15) is 0 Å². The Hall–Kier alpha value is -0.550. The topological polar surface area (TPSA) is 34.6 Å². The van der Waals surface area contributed by atoms with Gasteiger partial charge in [-0.3, -0.25) is 9.88 Å². The van der Waals surface area contributed by atoms with Crippen molar-refractivity contribution < 1.29 is 9.47 Å². The van der Waals surface area contributed by atoms with Crippen LogP contribution in [0.25, 0.3) is 0 Å². The molecule has 1 aliphatic rings. The average Bonchev–Trinajstić information content (AvgIpc) is 2.69. The zero-order valence-corrected chi connectivity index (χ0v) is 13.0. The molecule has 0 amide bonds. The lowest BCUT2D eigenvalue weighted by atomic mass is 10.1. The van der Waals surface area contributed by atoms with Crippen LogP contribution in [0.1, 0.15) is 6.42 Å². The third kappa shape index (κ3) is 5.53. The Bertz CT molecular complexity index is 341. The van der Waals surface area contributed by atoms with Gasteiger partial charge in [0, 0.05) is 25.9 Å². The predicted octanol–water partition coefficient (Wildman–Crippen LogP) is 2.27. The van der Waals surface area contributed by atoms with Gasteiger partial charge in [0.2, 0.25) is 0 Å². The molecule has 0 aromatic carbocycles. The van der Waals surface area contributed by atoms with E-state index in [0.29, 0.717) is 12.0 Å². The molecule has 1 aromatic heterocycles. The zero-order valence-electron chi connectivity index (χ0n) is 11.3. The van der Waals surface area contributed by atoms with E-state index in [9.17, 15) is 0 Å². The number of likely N-dealkylation sites (tertiary alicyclic amines) is 1. The molecule has 0 saturated carbocycles. The second-order valence-corrected chi connectivity index (χ2v) is 4.65. The number of pyridine rings is 1. The summed E-state index contributed by atoms with van der Waals surface area (Å²) in [5.74, 6) is 1.48. The molecule has 6 heteroatoms. The molecule has 0 bridgehead atoms. The summed E-state index contributed by atoms with van der Waals surface area (Å²) in [6, 6.07) is 4.31. The molecule has 2 heterocycles. The number of ether oxygens (including phenoxy) is 2. The van der Waals surface area contributed by atoms with E-state index in [1.165, 1.54) is 0 Å². The molecule has 1 fully saturated rings. The lowest BCUT2D eigenvalue weighted by Crippen LogP contribution is -2.30. The summed E-state index contributed by atoms with van der Waals surface area (Å²) in [7, 11) is 3.91. The second-order valence-electron chi connectivity index (χ2n) is 4.65. The Morgan fingerprint density at radius 2 is 2.16 bits per heavy atom. The number of methoxy groups -OCH3 is 1. The first-order valence-corrected chi connectivity index (χ1v) is 6.01. The van der Waals surface area contributed by atoms with Crippen LogP contribution in [-0.4, -0.2) is 49.8 Å². The predicted molar refractivity (Wildman–Crippen MR) is 80.6 cm³/mol. The fourth-order valence-electron chi connectivity index (χ4n) is 2.37. The number of hydrogen-bond acceptors (Lipinski definition) is 4. The quantitative estimate of drug-likeness (QED) is 0.836. The lowest BCUT2D eigenvalue weighted by molar-refractivity contribution is 0.155. The summed E-state index contributed by atoms with van der Waals surface area (Å²) in [6.07, 6.45) is 4.65. The highest BCUT2D eigenvalue weighted by atomic mass is 35.5. The molecule has 2 atom stereocenters. The molecule has 0 radical (unpaired) electrons. The van der Waals surface area contributed by atoms with Crippen molar-refractivity contribution in [2.75, 3.05) is 33.9 Å². The largest absolute Gasteiger partial charge is 0.490 e. The first-order chi connectivity index (χ1) is 8.29. The minimum Gasteiger partial charge on any atom is -0.490 e. The van der Waals surface area contributed by atoms with Crippen LogP contribution >= 0.6 is 24.8 Å². The standard InChI is InChI=1S/C13H20N2O2.2ClH/c1-15-8-11(9-16-2)6-12(15)10-17-13-4-3-5-14-7-13;;/h3-5,7,11-12H,6,8-10H2,1-2H3;2*1H. The molecule has 0 aliphatic carbocycles. The maximum Gasteiger partial charge on any atom is 0.137 e. The Kier molecular flexibility index (Phi) is 9.10. The number of aromatic nitrogens is 1. The highest BCUT2D eigenvalue weighted by Crippen LogP contribution is 2.22. The van der Waals surface area contributed by atoms with E-state index in [0.717, 1.165) is 31.9 Å². The number of likely N-dealkylation sites (N-methyl/N-ethyl adjacent to an activating group) is 1. The Morgan fingerprint density at radius 3 is 2.79 bits per heavy atom. The summed E-state index contributed by atoms with van der Waals surface area (Å²) in [4.78, 5) is 6.38. The summed E-state index contributed by atoms with van der Waals surface area (Å²) in [5.41, 5.74) is 0. The summed E-state index contributed by atoms with van der Waals surface area (Å²) < 4.78 is 10.9. The molecular formula is C13H22Cl2N2O2. The SMILES string of the molecule is COCC1CC(COc2cccnc2)N(C)C1.Cl.Cl. The molecule has 1 aliphatic heterocycles. The number of nitrogens with zero attached hydrogens (tertiary/aromatic N) is 2. The molecular weight excluding hydrogens is 287 g/mol. The van der Waals surface area contributed by atoms with Gasteiger partial charge in [-0.1, -0.05) is 0 Å². The fraction of sp³-hybridized carbons (Fsp3) is 0.615. The van der Waals surface area contributed by atoms with E-state index in [1.54, 1.807) is 19.5 Å². The van der Waals surface area contributed by atoms with Crippen LogP contribution in [0, 0.1) is 5.92 Å². The molecule has 2 unspecified atom stereocenters. The normalized spacial score (nSPS) is 22.4. The minimum absolute atomic E-state index is 0. The van der Waals surface area contributed by atoms with Crippen LogP contribution in [0.3, 0.4) is 0 Å². The van der Waals surface area contributed by atoms with Gasteiger partial charge in [0.25, 0.3) is 0 Å². The molecule has 0 spiro atoms. The lowest BCUT2D eigenvalue weighted by Gasteiger charge is -2.19. The van der Waals surface area contributed by atoms with Gasteiger partial charge < -0.3 is 9.47 Å². The molecule has 1 aromatic rings. The van der Waals surface area contributed by atoms with Crippen LogP contribution in [-0.2, 0) is 4.74 Å². The van der Waals surface area contributed by atoms with Crippen LogP contribution in [0.5, 0.6) is 5.75 Å². The average molecular weight is 309 g/mol. The Morgan fingerprint density at radius 1 is 1.37 bits per heavy atom. The summed E-state index contributed by atoms with van der Waals surface area (Å²) >= 11 is 0. The third-order valence-electron chi connectivity index (χ3n) is 3.25. The maximum absolute atomic E-state index is 5.74. The van der Waals surface area contributed by atoms with Crippen molar-refractivity contribution in [2.24, 2.45) is 5.92 Å². The van der Waals surface area contributed by atoms with Crippen LogP contribution in [0.4, 0.5) is 0 Å². The summed E-state index contributed by atoms with van der Waals surface area (Å²) in [5, 5.41) is 0. The van der Waals surface area contributed by atoms with E-state index in [4.69, 9.17) is 9.47 Å². The van der Waals surface area contributed by atoms with E-state index in [1.807, 2.05) is 12.1 Å². The Balaban J connectivity index is 0.00000162. The van der Waals surface area contributed by atoms with Crippen molar-refractivity contribution in [3.8, 4) is 5.75 Å². The van der Waals surface area contributed by atoms with Crippen molar-refractivity contribution in [3.63, 3.8) is 0 Å². The monoisotopic (exact) mass is 308 g/mol. The fourth-order valence-corrected chi connectivity index (χ4v) is 2.37. The van der Waals surface area contributed by atoms with Crippen LogP contribution < -0.4 is 4.74 Å². The van der Waals surface area contributed by atoms with Crippen molar-refractivity contribution in [3.05, 3.63) is 24.5 Å². The molecule has 4 nitrogen and oxygen atoms in total. The van der Waals surface area contributed by atoms with Gasteiger partial charge in [-0.15, -0.1) is 24.8 Å². The second kappa shape index (κ2) is 9.37. The first kappa shape index (κ1) is 18.4. The van der Waals surface area contributed by atoms with Gasteiger partial charge in [-0.05, 0) is 31.5 Å². The van der Waals surface area contributed by atoms with Gasteiger partial charge in [-0.25, -0.2) is 0 Å². The molecule has 19 heavy (non-hydrogen) atoms. The maximum atomic E-state index is 5.74. The number of halogens is 2. The van der Waals surface area contributed by atoms with Crippen molar-refractivity contribution >= 4 is 24.8 Å². The first-order valence-electron chi connectivity index (χ1n) is 6.01. The smallest absolute Gasteiger partial charge is 0.137 e. The number of hydrogen-bond donors (Lipinski definition) is 0. The molecule has 0 N–H and O–H groups in total. The molecule has 110 valence electrons. The third-order valence-corrected chi connectivity index (χ3v) is 3.25. The van der Waals surface area contributed by atoms with Gasteiger partial charge >= 0.3 is 0 Å². The minimum atomic E-state index is 0. The van der Waals surface area contributed by atoms with Crippen molar-refractivity contribution in [1.29, 1.82) is 0 Å².